The highest BCUT2D eigenvalue weighted by Gasteiger charge is 2.19. The lowest BCUT2D eigenvalue weighted by molar-refractivity contribution is 0.189. The first-order valence-electron chi connectivity index (χ1n) is 5.65. The number of rotatable bonds is 5. The molecular formula is C13H20BrClN2. The minimum atomic E-state index is 0.152. The molecule has 1 N–H and O–H groups in total. The van der Waals surface area contributed by atoms with Crippen molar-refractivity contribution in [3.63, 3.8) is 0 Å². The van der Waals surface area contributed by atoms with E-state index in [1.54, 1.807) is 0 Å². The topological polar surface area (TPSA) is 15.3 Å². The highest BCUT2D eigenvalue weighted by molar-refractivity contribution is 9.10. The standard InChI is InChI=1S/C13H20BrClN2/c1-13(2,17(3)4)9-16-8-10-5-6-11(15)7-12(10)14/h5-7,16H,8-9H2,1-4H3. The summed E-state index contributed by atoms with van der Waals surface area (Å²) >= 11 is 9.43. The maximum absolute atomic E-state index is 5.91. The summed E-state index contributed by atoms with van der Waals surface area (Å²) in [5, 5.41) is 4.23. The van der Waals surface area contributed by atoms with Crippen molar-refractivity contribution in [1.82, 2.24) is 10.2 Å². The minimum absolute atomic E-state index is 0.152. The molecule has 4 heteroatoms. The molecule has 1 rings (SSSR count). The van der Waals surface area contributed by atoms with Crippen molar-refractivity contribution >= 4 is 27.5 Å². The molecule has 0 heterocycles. The van der Waals surface area contributed by atoms with Crippen LogP contribution >= 0.6 is 27.5 Å². The van der Waals surface area contributed by atoms with Crippen LogP contribution < -0.4 is 5.32 Å². The van der Waals surface area contributed by atoms with E-state index >= 15 is 0 Å². The van der Waals surface area contributed by atoms with Crippen LogP contribution in [-0.4, -0.2) is 31.1 Å². The highest BCUT2D eigenvalue weighted by atomic mass is 79.9. The lowest BCUT2D eigenvalue weighted by atomic mass is 10.0. The zero-order valence-electron chi connectivity index (χ0n) is 10.8. The lowest BCUT2D eigenvalue weighted by Crippen LogP contribution is -2.46. The van der Waals surface area contributed by atoms with E-state index in [1.807, 2.05) is 18.2 Å². The van der Waals surface area contributed by atoms with Crippen molar-refractivity contribution in [2.45, 2.75) is 25.9 Å². The summed E-state index contributed by atoms with van der Waals surface area (Å²) < 4.78 is 1.06. The van der Waals surface area contributed by atoms with E-state index in [-0.39, 0.29) is 5.54 Å². The second-order valence-electron chi connectivity index (χ2n) is 5.05. The van der Waals surface area contributed by atoms with E-state index in [4.69, 9.17) is 11.6 Å². The van der Waals surface area contributed by atoms with Crippen LogP contribution in [0.2, 0.25) is 5.02 Å². The Labute approximate surface area is 117 Å². The zero-order chi connectivity index (χ0) is 13.1. The molecular weight excluding hydrogens is 300 g/mol. The van der Waals surface area contributed by atoms with Gasteiger partial charge in [-0.25, -0.2) is 0 Å². The van der Waals surface area contributed by atoms with Crippen molar-refractivity contribution in [2.24, 2.45) is 0 Å². The molecule has 0 aliphatic heterocycles. The van der Waals surface area contributed by atoms with Crippen molar-refractivity contribution in [1.29, 1.82) is 0 Å². The predicted molar refractivity (Wildman–Crippen MR) is 78.6 cm³/mol. The molecule has 96 valence electrons. The second kappa shape index (κ2) is 6.19. The minimum Gasteiger partial charge on any atom is -0.311 e. The summed E-state index contributed by atoms with van der Waals surface area (Å²) in [6.07, 6.45) is 0. The molecule has 0 bridgehead atoms. The fourth-order valence-corrected chi connectivity index (χ4v) is 2.15. The summed E-state index contributed by atoms with van der Waals surface area (Å²) in [6, 6.07) is 5.89. The van der Waals surface area contributed by atoms with Crippen molar-refractivity contribution in [3.8, 4) is 0 Å². The van der Waals surface area contributed by atoms with Gasteiger partial charge in [-0.3, -0.25) is 0 Å². The van der Waals surface area contributed by atoms with Gasteiger partial charge in [0.1, 0.15) is 0 Å². The fraction of sp³-hybridized carbons (Fsp3) is 0.538. The van der Waals surface area contributed by atoms with E-state index in [0.29, 0.717) is 0 Å². The molecule has 0 saturated heterocycles. The number of benzene rings is 1. The van der Waals surface area contributed by atoms with Crippen LogP contribution in [0.1, 0.15) is 19.4 Å². The molecule has 0 saturated carbocycles. The number of nitrogens with zero attached hydrogens (tertiary/aromatic N) is 1. The summed E-state index contributed by atoms with van der Waals surface area (Å²) in [5.74, 6) is 0. The van der Waals surface area contributed by atoms with E-state index in [2.05, 4.69) is 54.1 Å². The molecule has 0 aliphatic carbocycles. The molecule has 0 spiro atoms. The Morgan fingerprint density at radius 2 is 2.00 bits per heavy atom. The number of halogens is 2. The Bertz CT molecular complexity index is 378. The van der Waals surface area contributed by atoms with Gasteiger partial charge in [0.2, 0.25) is 0 Å². The number of nitrogens with one attached hydrogen (secondary N) is 1. The van der Waals surface area contributed by atoms with Gasteiger partial charge >= 0.3 is 0 Å². The van der Waals surface area contributed by atoms with Crippen molar-refractivity contribution < 1.29 is 0 Å². The second-order valence-corrected chi connectivity index (χ2v) is 6.34. The van der Waals surface area contributed by atoms with E-state index in [0.717, 1.165) is 22.6 Å². The molecule has 1 aromatic rings. The molecule has 0 radical (unpaired) electrons. The van der Waals surface area contributed by atoms with Crippen molar-refractivity contribution in [3.05, 3.63) is 33.3 Å². The zero-order valence-corrected chi connectivity index (χ0v) is 13.2. The van der Waals surface area contributed by atoms with Crippen LogP contribution in [0.15, 0.2) is 22.7 Å². The van der Waals surface area contributed by atoms with Gasteiger partial charge < -0.3 is 10.2 Å². The van der Waals surface area contributed by atoms with Gasteiger partial charge in [0, 0.05) is 28.1 Å². The van der Waals surface area contributed by atoms with Crippen LogP contribution in [0.4, 0.5) is 0 Å². The first kappa shape index (κ1) is 15.0. The molecule has 0 unspecified atom stereocenters. The number of hydrogen-bond donors (Lipinski definition) is 1. The maximum Gasteiger partial charge on any atom is 0.0417 e. The quantitative estimate of drug-likeness (QED) is 0.893. The normalized spacial score (nSPS) is 12.2. The van der Waals surface area contributed by atoms with E-state index in [1.165, 1.54) is 5.56 Å². The average molecular weight is 320 g/mol. The fourth-order valence-electron chi connectivity index (χ4n) is 1.33. The Balaban J connectivity index is 2.51. The third-order valence-corrected chi connectivity index (χ3v) is 4.07. The maximum atomic E-state index is 5.91. The molecule has 0 atom stereocenters. The average Bonchev–Trinajstić information content (AvgIpc) is 2.21. The molecule has 17 heavy (non-hydrogen) atoms. The van der Waals surface area contributed by atoms with Gasteiger partial charge in [-0.1, -0.05) is 33.6 Å². The van der Waals surface area contributed by atoms with E-state index in [9.17, 15) is 0 Å². The summed E-state index contributed by atoms with van der Waals surface area (Å²) in [6.45, 7) is 6.22. The molecule has 0 aliphatic rings. The Morgan fingerprint density at radius 3 is 2.53 bits per heavy atom. The van der Waals surface area contributed by atoms with Gasteiger partial charge in [0.15, 0.2) is 0 Å². The monoisotopic (exact) mass is 318 g/mol. The largest absolute Gasteiger partial charge is 0.311 e. The van der Waals surface area contributed by atoms with Gasteiger partial charge in [-0.15, -0.1) is 0 Å². The lowest BCUT2D eigenvalue weighted by Gasteiger charge is -2.32. The first-order valence-corrected chi connectivity index (χ1v) is 6.82. The summed E-state index contributed by atoms with van der Waals surface area (Å²) in [5.41, 5.74) is 1.38. The summed E-state index contributed by atoms with van der Waals surface area (Å²) in [7, 11) is 4.19. The highest BCUT2D eigenvalue weighted by Crippen LogP contribution is 2.21. The molecule has 0 fully saturated rings. The Morgan fingerprint density at radius 1 is 1.35 bits per heavy atom. The Hall–Kier alpha value is -0.0900. The molecule has 0 aromatic heterocycles. The third kappa shape index (κ3) is 4.59. The van der Waals surface area contributed by atoms with Crippen LogP contribution in [0.3, 0.4) is 0 Å². The summed E-state index contributed by atoms with van der Waals surface area (Å²) in [4.78, 5) is 2.22. The van der Waals surface area contributed by atoms with E-state index < -0.39 is 0 Å². The first-order chi connectivity index (χ1) is 7.83. The number of hydrogen-bond acceptors (Lipinski definition) is 2. The van der Waals surface area contributed by atoms with Crippen LogP contribution in [-0.2, 0) is 6.54 Å². The smallest absolute Gasteiger partial charge is 0.0417 e. The SMILES string of the molecule is CN(C)C(C)(C)CNCc1ccc(Cl)cc1Br. The molecule has 2 nitrogen and oxygen atoms in total. The number of likely N-dealkylation sites (N-methyl/N-ethyl adjacent to an activating group) is 1. The van der Waals surface area contributed by atoms with Gasteiger partial charge in [-0.2, -0.15) is 0 Å². The third-order valence-electron chi connectivity index (χ3n) is 3.10. The molecule has 1 aromatic carbocycles. The van der Waals surface area contributed by atoms with Crippen LogP contribution in [0, 0.1) is 0 Å². The predicted octanol–water partition coefficient (Wildman–Crippen LogP) is 3.53. The van der Waals surface area contributed by atoms with Crippen molar-refractivity contribution in [2.75, 3.05) is 20.6 Å². The van der Waals surface area contributed by atoms with Gasteiger partial charge in [0.05, 0.1) is 0 Å². The Kier molecular flexibility index (Phi) is 5.45. The van der Waals surface area contributed by atoms with Gasteiger partial charge in [0.25, 0.3) is 0 Å². The molecule has 0 amide bonds. The van der Waals surface area contributed by atoms with Crippen LogP contribution in [0.25, 0.3) is 0 Å². The van der Waals surface area contributed by atoms with Crippen LogP contribution in [0.5, 0.6) is 0 Å². The van der Waals surface area contributed by atoms with Gasteiger partial charge in [-0.05, 0) is 45.6 Å².